The maximum Gasteiger partial charge on any atom is 0.295 e. The molecule has 1 fully saturated rings. The predicted molar refractivity (Wildman–Crippen MR) is 138 cm³/mol. The zero-order valence-corrected chi connectivity index (χ0v) is 20.8. The van der Waals surface area contributed by atoms with Crippen LogP contribution in [0.1, 0.15) is 23.6 Å². The van der Waals surface area contributed by atoms with Gasteiger partial charge in [0.1, 0.15) is 18.1 Å². The Balaban J connectivity index is 1.74. The number of likely N-dealkylation sites (tertiary alicyclic amines) is 1. The van der Waals surface area contributed by atoms with Crippen molar-refractivity contribution in [3.8, 4) is 17.2 Å². The molecule has 37 heavy (non-hydrogen) atoms. The number of hydrogen-bond donors (Lipinski definition) is 1. The summed E-state index contributed by atoms with van der Waals surface area (Å²) < 4.78 is 18.2. The summed E-state index contributed by atoms with van der Waals surface area (Å²) in [5.41, 5.74) is 1.03. The lowest BCUT2D eigenvalue weighted by Gasteiger charge is -2.26. The van der Waals surface area contributed by atoms with E-state index < -0.39 is 17.7 Å². The number of benzene rings is 2. The van der Waals surface area contributed by atoms with Crippen LogP contribution < -0.4 is 14.2 Å². The molecule has 2 heterocycles. The van der Waals surface area contributed by atoms with Crippen LogP contribution in [0.15, 0.2) is 79.4 Å². The highest BCUT2D eigenvalue weighted by atomic mass is 16.5. The van der Waals surface area contributed by atoms with Crippen LogP contribution in [0.4, 0.5) is 0 Å². The fourth-order valence-electron chi connectivity index (χ4n) is 4.34. The van der Waals surface area contributed by atoms with Crippen molar-refractivity contribution in [1.82, 2.24) is 14.5 Å². The normalized spacial score (nSPS) is 16.6. The second-order valence-corrected chi connectivity index (χ2v) is 8.39. The predicted octanol–water partition coefficient (Wildman–Crippen LogP) is 3.98. The number of ketones is 1. The number of nitrogens with zero attached hydrogens (tertiary/aromatic N) is 3. The van der Waals surface area contributed by atoms with Crippen molar-refractivity contribution >= 4 is 17.4 Å². The maximum absolute atomic E-state index is 13.3. The number of aliphatic hydroxyl groups excluding tert-OH is 1. The molecular weight excluding hydrogens is 474 g/mol. The first-order valence-electron chi connectivity index (χ1n) is 11.8. The number of carbonyl (C=O) groups is 2. The van der Waals surface area contributed by atoms with Crippen LogP contribution in [-0.2, 0) is 16.1 Å². The number of aliphatic hydroxyl groups is 1. The summed E-state index contributed by atoms with van der Waals surface area (Å²) in [6.45, 7) is 4.88. The molecule has 1 N–H and O–H groups in total. The van der Waals surface area contributed by atoms with E-state index in [9.17, 15) is 14.7 Å². The molecule has 0 unspecified atom stereocenters. The highest BCUT2D eigenvalue weighted by Gasteiger charge is 2.46. The Kier molecular flexibility index (Phi) is 7.92. The summed E-state index contributed by atoms with van der Waals surface area (Å²) in [6.07, 6.45) is 7.43. The number of carbonyl (C=O) groups excluding carboxylic acids is 2. The van der Waals surface area contributed by atoms with E-state index >= 15 is 0 Å². The van der Waals surface area contributed by atoms with E-state index in [1.807, 2.05) is 10.8 Å². The van der Waals surface area contributed by atoms with Crippen molar-refractivity contribution < 1.29 is 28.9 Å². The summed E-state index contributed by atoms with van der Waals surface area (Å²) >= 11 is 0. The van der Waals surface area contributed by atoms with Crippen molar-refractivity contribution in [3.63, 3.8) is 0 Å². The van der Waals surface area contributed by atoms with Gasteiger partial charge in [0.15, 0.2) is 11.5 Å². The molecule has 1 aromatic heterocycles. The first-order valence-corrected chi connectivity index (χ1v) is 11.8. The lowest BCUT2D eigenvalue weighted by Crippen LogP contribution is -2.31. The number of aryl methyl sites for hydroxylation is 1. The van der Waals surface area contributed by atoms with Crippen LogP contribution >= 0.6 is 0 Å². The first kappa shape index (κ1) is 25.6. The van der Waals surface area contributed by atoms with Gasteiger partial charge >= 0.3 is 0 Å². The number of hydrogen-bond acceptors (Lipinski definition) is 7. The molecule has 1 aliphatic heterocycles. The summed E-state index contributed by atoms with van der Waals surface area (Å²) in [5.74, 6) is -0.116. The van der Waals surface area contributed by atoms with E-state index in [1.165, 1.54) is 19.1 Å². The number of imidazole rings is 1. The van der Waals surface area contributed by atoms with Gasteiger partial charge in [0.2, 0.25) is 0 Å². The van der Waals surface area contributed by atoms with Crippen LogP contribution in [0.25, 0.3) is 5.76 Å². The number of Topliss-reactive ketones (excluding diaryl/α,β-unsaturated/α-hetero) is 1. The van der Waals surface area contributed by atoms with Crippen molar-refractivity contribution in [2.75, 3.05) is 27.4 Å². The Bertz CT molecular complexity index is 1300. The van der Waals surface area contributed by atoms with Gasteiger partial charge in [-0.3, -0.25) is 9.59 Å². The maximum atomic E-state index is 13.3. The molecule has 1 amide bonds. The average molecular weight is 504 g/mol. The molecule has 0 aliphatic carbocycles. The quantitative estimate of drug-likeness (QED) is 0.183. The molecule has 192 valence electrons. The number of ether oxygens (including phenoxy) is 3. The molecule has 0 spiro atoms. The summed E-state index contributed by atoms with van der Waals surface area (Å²) in [4.78, 5) is 32.0. The monoisotopic (exact) mass is 503 g/mol. The van der Waals surface area contributed by atoms with Gasteiger partial charge in [-0.05, 0) is 48.4 Å². The minimum Gasteiger partial charge on any atom is -0.507 e. The van der Waals surface area contributed by atoms with Crippen LogP contribution in [-0.4, -0.2) is 58.6 Å². The highest BCUT2D eigenvalue weighted by Crippen LogP contribution is 2.42. The van der Waals surface area contributed by atoms with Gasteiger partial charge in [0.25, 0.3) is 11.7 Å². The second-order valence-electron chi connectivity index (χ2n) is 8.39. The summed E-state index contributed by atoms with van der Waals surface area (Å²) in [6, 6.07) is 11.1. The van der Waals surface area contributed by atoms with E-state index in [0.717, 1.165) is 0 Å². The van der Waals surface area contributed by atoms with Crippen molar-refractivity contribution in [2.45, 2.75) is 19.0 Å². The number of rotatable bonds is 11. The minimum absolute atomic E-state index is 0.0135. The minimum atomic E-state index is -0.806. The summed E-state index contributed by atoms with van der Waals surface area (Å²) in [5, 5.41) is 11.3. The molecule has 3 aromatic rings. The van der Waals surface area contributed by atoms with Gasteiger partial charge in [-0.1, -0.05) is 18.7 Å². The van der Waals surface area contributed by atoms with Gasteiger partial charge in [-0.15, -0.1) is 0 Å². The first-order chi connectivity index (χ1) is 18.0. The van der Waals surface area contributed by atoms with E-state index in [1.54, 1.807) is 61.1 Å². The molecule has 0 saturated carbocycles. The van der Waals surface area contributed by atoms with E-state index in [4.69, 9.17) is 14.2 Å². The Morgan fingerprint density at radius 2 is 1.84 bits per heavy atom. The largest absolute Gasteiger partial charge is 0.507 e. The standard InChI is InChI=1S/C28H29N3O6/c1-4-16-37-21-9-6-19(7-10-21)26(32)24-25(20-8-11-22(35-2)23(17-20)36-3)31(28(34)27(24)33)14-5-13-30-15-12-29-18-30/h4,6-12,15,17-18,25,32H,1,5,13-14,16H2,2-3H3/t25-/m1/s1. The third-order valence-corrected chi connectivity index (χ3v) is 6.13. The van der Waals surface area contributed by atoms with E-state index in [2.05, 4.69) is 11.6 Å². The van der Waals surface area contributed by atoms with Gasteiger partial charge in [-0.2, -0.15) is 0 Å². The van der Waals surface area contributed by atoms with Crippen molar-refractivity contribution in [2.24, 2.45) is 0 Å². The Morgan fingerprint density at radius 1 is 1.08 bits per heavy atom. The number of amides is 1. The molecule has 2 aromatic carbocycles. The van der Waals surface area contributed by atoms with E-state index in [-0.39, 0.29) is 11.3 Å². The molecule has 9 heteroatoms. The van der Waals surface area contributed by atoms with Gasteiger partial charge in [0.05, 0.1) is 32.2 Å². The molecule has 1 aliphatic rings. The van der Waals surface area contributed by atoms with Crippen LogP contribution in [0, 0.1) is 0 Å². The topological polar surface area (TPSA) is 103 Å². The highest BCUT2D eigenvalue weighted by molar-refractivity contribution is 6.46. The molecule has 1 saturated heterocycles. The third-order valence-electron chi connectivity index (χ3n) is 6.13. The summed E-state index contributed by atoms with van der Waals surface area (Å²) in [7, 11) is 3.04. The van der Waals surface area contributed by atoms with Crippen LogP contribution in [0.3, 0.4) is 0 Å². The Hall–Kier alpha value is -4.53. The zero-order valence-electron chi connectivity index (χ0n) is 20.8. The third kappa shape index (κ3) is 5.35. The van der Waals surface area contributed by atoms with Gasteiger partial charge in [-0.25, -0.2) is 4.98 Å². The Morgan fingerprint density at radius 3 is 2.49 bits per heavy atom. The van der Waals surface area contributed by atoms with Gasteiger partial charge < -0.3 is 28.8 Å². The van der Waals surface area contributed by atoms with E-state index in [0.29, 0.717) is 54.5 Å². The molecule has 9 nitrogen and oxygen atoms in total. The lowest BCUT2D eigenvalue weighted by atomic mass is 9.95. The molecule has 0 bridgehead atoms. The molecule has 1 atom stereocenters. The number of aromatic nitrogens is 2. The van der Waals surface area contributed by atoms with Crippen molar-refractivity contribution in [3.05, 3.63) is 90.5 Å². The zero-order chi connectivity index (χ0) is 26.4. The number of methoxy groups -OCH3 is 2. The molecular formula is C28H29N3O6. The lowest BCUT2D eigenvalue weighted by molar-refractivity contribution is -0.139. The smallest absolute Gasteiger partial charge is 0.295 e. The van der Waals surface area contributed by atoms with Crippen LogP contribution in [0.2, 0.25) is 0 Å². The fourth-order valence-corrected chi connectivity index (χ4v) is 4.34. The van der Waals surface area contributed by atoms with Crippen molar-refractivity contribution in [1.29, 1.82) is 0 Å². The second kappa shape index (κ2) is 11.5. The van der Waals surface area contributed by atoms with Gasteiger partial charge in [0, 0.05) is 31.0 Å². The molecule has 4 rings (SSSR count). The van der Waals surface area contributed by atoms with Crippen LogP contribution in [0.5, 0.6) is 17.2 Å². The fraction of sp³-hybridized carbons (Fsp3) is 0.250. The average Bonchev–Trinajstić information content (AvgIpc) is 3.53. The molecule has 0 radical (unpaired) electrons. The SMILES string of the molecule is C=CCOc1ccc(C(O)=C2C(=O)C(=O)N(CCCn3ccnc3)[C@@H]2c2ccc(OC)c(OC)c2)cc1. The Labute approximate surface area is 215 Å².